The number of hydrogen-bond donors (Lipinski definition) is 2. The van der Waals surface area contributed by atoms with E-state index in [4.69, 9.17) is 5.73 Å². The highest BCUT2D eigenvalue weighted by Gasteiger charge is 2.02. The molecule has 88 valence electrons. The van der Waals surface area contributed by atoms with Crippen molar-refractivity contribution in [1.29, 1.82) is 0 Å². The van der Waals surface area contributed by atoms with Crippen molar-refractivity contribution in [2.45, 2.75) is 18.9 Å². The zero-order valence-corrected chi connectivity index (χ0v) is 9.71. The van der Waals surface area contributed by atoms with Crippen LogP contribution in [-0.2, 0) is 6.42 Å². The number of H-pyrrole nitrogens is 1. The number of aromatic amines is 1. The van der Waals surface area contributed by atoms with E-state index in [1.54, 1.807) is 6.33 Å². The van der Waals surface area contributed by atoms with Crippen molar-refractivity contribution < 1.29 is 0 Å². The van der Waals surface area contributed by atoms with Crippen LogP contribution < -0.4 is 5.73 Å². The SMILES string of the molecule is N[C@H](C/C=C/c1ccccc1)Cc1cnc[nH]1. The minimum absolute atomic E-state index is 0.135. The summed E-state index contributed by atoms with van der Waals surface area (Å²) in [6.07, 6.45) is 9.43. The van der Waals surface area contributed by atoms with Crippen LogP contribution in [0.3, 0.4) is 0 Å². The van der Waals surface area contributed by atoms with E-state index >= 15 is 0 Å². The molecule has 0 aliphatic carbocycles. The molecule has 3 N–H and O–H groups in total. The van der Waals surface area contributed by atoms with Gasteiger partial charge < -0.3 is 10.7 Å². The average Bonchev–Trinajstić information content (AvgIpc) is 2.83. The zero-order chi connectivity index (χ0) is 11.9. The van der Waals surface area contributed by atoms with Gasteiger partial charge in [0.15, 0.2) is 0 Å². The molecule has 3 heteroatoms. The smallest absolute Gasteiger partial charge is 0.0921 e. The maximum atomic E-state index is 6.03. The number of nitrogens with zero attached hydrogens (tertiary/aromatic N) is 1. The number of hydrogen-bond acceptors (Lipinski definition) is 2. The Morgan fingerprint density at radius 1 is 1.29 bits per heavy atom. The third-order valence-electron chi connectivity index (χ3n) is 2.59. The molecule has 17 heavy (non-hydrogen) atoms. The fourth-order valence-electron chi connectivity index (χ4n) is 1.71. The lowest BCUT2D eigenvalue weighted by atomic mass is 10.1. The molecule has 1 atom stereocenters. The summed E-state index contributed by atoms with van der Waals surface area (Å²) < 4.78 is 0. The van der Waals surface area contributed by atoms with Gasteiger partial charge in [-0.15, -0.1) is 0 Å². The van der Waals surface area contributed by atoms with Crippen LogP contribution in [0.4, 0.5) is 0 Å². The van der Waals surface area contributed by atoms with Crippen molar-refractivity contribution in [1.82, 2.24) is 9.97 Å². The van der Waals surface area contributed by atoms with Gasteiger partial charge in [0.05, 0.1) is 6.33 Å². The van der Waals surface area contributed by atoms with Crippen molar-refractivity contribution in [3.63, 3.8) is 0 Å². The molecule has 0 fully saturated rings. The van der Waals surface area contributed by atoms with Crippen LogP contribution in [-0.4, -0.2) is 16.0 Å². The largest absolute Gasteiger partial charge is 0.348 e. The van der Waals surface area contributed by atoms with Crippen LogP contribution >= 0.6 is 0 Å². The summed E-state index contributed by atoms with van der Waals surface area (Å²) in [5.41, 5.74) is 8.33. The lowest BCUT2D eigenvalue weighted by molar-refractivity contribution is 0.671. The van der Waals surface area contributed by atoms with E-state index in [1.807, 2.05) is 24.4 Å². The average molecular weight is 227 g/mol. The van der Waals surface area contributed by atoms with Crippen LogP contribution in [0.5, 0.6) is 0 Å². The Balaban J connectivity index is 1.80. The second-order valence-corrected chi connectivity index (χ2v) is 4.09. The summed E-state index contributed by atoms with van der Waals surface area (Å²) in [6.45, 7) is 0. The molecular weight excluding hydrogens is 210 g/mol. The molecule has 1 aromatic heterocycles. The van der Waals surface area contributed by atoms with Gasteiger partial charge in [-0.1, -0.05) is 42.5 Å². The molecule has 3 nitrogen and oxygen atoms in total. The molecule has 0 unspecified atom stereocenters. The number of nitrogens with two attached hydrogens (primary N) is 1. The summed E-state index contributed by atoms with van der Waals surface area (Å²) in [5.74, 6) is 0. The monoisotopic (exact) mass is 227 g/mol. The highest BCUT2D eigenvalue weighted by Crippen LogP contribution is 2.05. The first-order valence-electron chi connectivity index (χ1n) is 5.79. The Labute approximate surface area is 101 Å². The topological polar surface area (TPSA) is 54.7 Å². The molecule has 0 spiro atoms. The first-order chi connectivity index (χ1) is 8.34. The molecule has 0 bridgehead atoms. The molecule has 0 saturated carbocycles. The van der Waals surface area contributed by atoms with Gasteiger partial charge in [-0.3, -0.25) is 0 Å². The van der Waals surface area contributed by atoms with E-state index in [-0.39, 0.29) is 6.04 Å². The van der Waals surface area contributed by atoms with Gasteiger partial charge in [0.25, 0.3) is 0 Å². The number of nitrogens with one attached hydrogen (secondary N) is 1. The van der Waals surface area contributed by atoms with E-state index < -0.39 is 0 Å². The van der Waals surface area contributed by atoms with Crippen LogP contribution in [0.25, 0.3) is 6.08 Å². The van der Waals surface area contributed by atoms with Gasteiger partial charge in [0.1, 0.15) is 0 Å². The van der Waals surface area contributed by atoms with Gasteiger partial charge in [-0.2, -0.15) is 0 Å². The quantitative estimate of drug-likeness (QED) is 0.824. The summed E-state index contributed by atoms with van der Waals surface area (Å²) in [7, 11) is 0. The zero-order valence-electron chi connectivity index (χ0n) is 9.71. The Bertz CT molecular complexity index is 446. The fraction of sp³-hybridized carbons (Fsp3) is 0.214. The van der Waals surface area contributed by atoms with Crippen molar-refractivity contribution >= 4 is 6.08 Å². The summed E-state index contributed by atoms with van der Waals surface area (Å²) >= 11 is 0. The van der Waals surface area contributed by atoms with Crippen molar-refractivity contribution in [3.8, 4) is 0 Å². The lowest BCUT2D eigenvalue weighted by Crippen LogP contribution is -2.21. The molecule has 1 aromatic carbocycles. The highest BCUT2D eigenvalue weighted by atomic mass is 14.9. The number of aromatic nitrogens is 2. The Morgan fingerprint density at radius 3 is 2.82 bits per heavy atom. The van der Waals surface area contributed by atoms with Gasteiger partial charge >= 0.3 is 0 Å². The molecule has 0 radical (unpaired) electrons. The van der Waals surface area contributed by atoms with Crippen LogP contribution in [0.15, 0.2) is 48.9 Å². The molecule has 0 aliphatic heterocycles. The Hall–Kier alpha value is -1.87. The summed E-state index contributed by atoms with van der Waals surface area (Å²) in [4.78, 5) is 7.03. The van der Waals surface area contributed by atoms with Gasteiger partial charge in [-0.25, -0.2) is 4.98 Å². The first-order valence-corrected chi connectivity index (χ1v) is 5.79. The lowest BCUT2D eigenvalue weighted by Gasteiger charge is -2.06. The van der Waals surface area contributed by atoms with Gasteiger partial charge in [0.2, 0.25) is 0 Å². The minimum Gasteiger partial charge on any atom is -0.348 e. The Morgan fingerprint density at radius 2 is 2.12 bits per heavy atom. The maximum Gasteiger partial charge on any atom is 0.0921 e. The van der Waals surface area contributed by atoms with E-state index in [9.17, 15) is 0 Å². The maximum absolute atomic E-state index is 6.03. The molecule has 0 aliphatic rings. The highest BCUT2D eigenvalue weighted by molar-refractivity contribution is 5.48. The van der Waals surface area contributed by atoms with Gasteiger partial charge in [0, 0.05) is 24.4 Å². The normalized spacial score (nSPS) is 13.0. The predicted octanol–water partition coefficient (Wildman–Crippen LogP) is 2.38. The summed E-state index contributed by atoms with van der Waals surface area (Å²) in [6, 6.07) is 10.4. The third-order valence-corrected chi connectivity index (χ3v) is 2.59. The van der Waals surface area contributed by atoms with Crippen molar-refractivity contribution in [2.75, 3.05) is 0 Å². The third kappa shape index (κ3) is 3.89. The van der Waals surface area contributed by atoms with Crippen LogP contribution in [0, 0.1) is 0 Å². The summed E-state index contributed by atoms with van der Waals surface area (Å²) in [5, 5.41) is 0. The second-order valence-electron chi connectivity index (χ2n) is 4.09. The van der Waals surface area contributed by atoms with Crippen LogP contribution in [0.1, 0.15) is 17.7 Å². The number of rotatable bonds is 5. The molecule has 2 rings (SSSR count). The van der Waals surface area contributed by atoms with E-state index in [2.05, 4.69) is 34.3 Å². The minimum atomic E-state index is 0.135. The van der Waals surface area contributed by atoms with Crippen LogP contribution in [0.2, 0.25) is 0 Å². The van der Waals surface area contributed by atoms with E-state index in [0.29, 0.717) is 0 Å². The first kappa shape index (κ1) is 11.6. The van der Waals surface area contributed by atoms with E-state index in [1.165, 1.54) is 5.56 Å². The molecule has 0 saturated heterocycles. The number of benzene rings is 1. The van der Waals surface area contributed by atoms with E-state index in [0.717, 1.165) is 18.5 Å². The van der Waals surface area contributed by atoms with Crippen molar-refractivity contribution in [3.05, 3.63) is 60.2 Å². The Kier molecular flexibility index (Phi) is 4.11. The molecule has 0 amide bonds. The fourth-order valence-corrected chi connectivity index (χ4v) is 1.71. The van der Waals surface area contributed by atoms with Crippen molar-refractivity contribution in [2.24, 2.45) is 5.73 Å². The number of imidazole rings is 1. The molecular formula is C14H17N3. The molecule has 1 heterocycles. The second kappa shape index (κ2) is 6.01. The predicted molar refractivity (Wildman–Crippen MR) is 70.4 cm³/mol. The standard InChI is InChI=1S/C14H17N3/c15-13(9-14-10-16-11-17-14)8-4-7-12-5-2-1-3-6-12/h1-7,10-11,13H,8-9,15H2,(H,16,17)/b7-4+/t13-/m1/s1. The molecule has 2 aromatic rings. The van der Waals surface area contributed by atoms with Gasteiger partial charge in [-0.05, 0) is 12.0 Å².